The molecule has 0 radical (unpaired) electrons. The van der Waals surface area contributed by atoms with Crippen LogP contribution in [0.25, 0.3) is 0 Å². The maximum absolute atomic E-state index is 12.2. The Balaban J connectivity index is 1.52. The van der Waals surface area contributed by atoms with Crippen LogP contribution >= 0.6 is 22.9 Å². The molecule has 0 saturated heterocycles. The van der Waals surface area contributed by atoms with Crippen molar-refractivity contribution in [2.45, 2.75) is 45.1 Å². The number of nitrogens with one attached hydrogen (secondary N) is 1. The number of nitrogens with zero attached hydrogens (tertiary/aromatic N) is 3. The van der Waals surface area contributed by atoms with E-state index in [-0.39, 0.29) is 11.8 Å². The highest BCUT2D eigenvalue weighted by molar-refractivity contribution is 7.16. The number of hydrogen-bond donors (Lipinski definition) is 1. The number of fused-ring (bicyclic) bond motifs is 1. The first-order valence-electron chi connectivity index (χ1n) is 7.59. The average molecular weight is 339 g/mol. The Morgan fingerprint density at radius 2 is 2.32 bits per heavy atom. The van der Waals surface area contributed by atoms with E-state index < -0.39 is 0 Å². The molecule has 5 nitrogen and oxygen atoms in total. The zero-order valence-corrected chi connectivity index (χ0v) is 14.1. The lowest BCUT2D eigenvalue weighted by Crippen LogP contribution is -2.30. The van der Waals surface area contributed by atoms with Gasteiger partial charge in [0.2, 0.25) is 5.91 Å². The van der Waals surface area contributed by atoms with Gasteiger partial charge in [0.05, 0.1) is 10.3 Å². The summed E-state index contributed by atoms with van der Waals surface area (Å²) in [6, 6.07) is 3.74. The maximum Gasteiger partial charge on any atom is 0.228 e. The number of carbonyl (C=O) groups excluding carboxylic acids is 1. The van der Waals surface area contributed by atoms with Crippen molar-refractivity contribution in [1.82, 2.24) is 20.1 Å². The molecule has 1 aliphatic heterocycles. The maximum atomic E-state index is 12.2. The smallest absolute Gasteiger partial charge is 0.228 e. The summed E-state index contributed by atoms with van der Waals surface area (Å²) in [5.74, 6) is 1.90. The Morgan fingerprint density at radius 3 is 3.09 bits per heavy atom. The molecular formula is C15H19ClN4OS. The Kier molecular flexibility index (Phi) is 4.78. The van der Waals surface area contributed by atoms with Crippen LogP contribution in [0.15, 0.2) is 12.1 Å². The first-order valence-corrected chi connectivity index (χ1v) is 8.78. The highest BCUT2D eigenvalue weighted by Gasteiger charge is 2.18. The number of hydrogen-bond acceptors (Lipinski definition) is 4. The van der Waals surface area contributed by atoms with Crippen LogP contribution in [0, 0.1) is 0 Å². The first-order chi connectivity index (χ1) is 10.6. The minimum absolute atomic E-state index is 0.0249. The van der Waals surface area contributed by atoms with Crippen molar-refractivity contribution >= 4 is 28.8 Å². The molecule has 2 aromatic rings. The molecule has 2 aromatic heterocycles. The van der Waals surface area contributed by atoms with E-state index in [4.69, 9.17) is 11.6 Å². The van der Waals surface area contributed by atoms with Crippen LogP contribution in [0.5, 0.6) is 0 Å². The Morgan fingerprint density at radius 1 is 1.45 bits per heavy atom. The number of aromatic nitrogens is 3. The van der Waals surface area contributed by atoms with Gasteiger partial charge < -0.3 is 9.88 Å². The lowest BCUT2D eigenvalue weighted by atomic mass is 10.1. The molecule has 1 aliphatic rings. The molecule has 0 saturated carbocycles. The van der Waals surface area contributed by atoms with Crippen molar-refractivity contribution in [2.75, 3.05) is 6.54 Å². The van der Waals surface area contributed by atoms with Crippen LogP contribution in [-0.2, 0) is 24.2 Å². The van der Waals surface area contributed by atoms with Crippen molar-refractivity contribution in [3.05, 3.63) is 33.0 Å². The second kappa shape index (κ2) is 6.79. The molecular weight excluding hydrogens is 320 g/mol. The van der Waals surface area contributed by atoms with E-state index in [1.54, 1.807) is 0 Å². The van der Waals surface area contributed by atoms with E-state index in [2.05, 4.69) is 20.1 Å². The van der Waals surface area contributed by atoms with Gasteiger partial charge in [-0.2, -0.15) is 0 Å². The molecule has 0 bridgehead atoms. The zero-order chi connectivity index (χ0) is 15.5. The van der Waals surface area contributed by atoms with Gasteiger partial charge in [-0.25, -0.2) is 0 Å². The highest BCUT2D eigenvalue weighted by atomic mass is 35.5. The third kappa shape index (κ3) is 3.33. The van der Waals surface area contributed by atoms with Crippen LogP contribution in [0.4, 0.5) is 0 Å². The molecule has 1 N–H and O–H groups in total. The fraction of sp³-hybridized carbons (Fsp3) is 0.533. The predicted octanol–water partition coefficient (Wildman–Crippen LogP) is 2.79. The van der Waals surface area contributed by atoms with Crippen molar-refractivity contribution < 1.29 is 4.79 Å². The fourth-order valence-electron chi connectivity index (χ4n) is 2.69. The number of aryl methyl sites for hydroxylation is 1. The molecule has 1 amide bonds. The summed E-state index contributed by atoms with van der Waals surface area (Å²) in [6.45, 7) is 3.48. The standard InChI is InChI=1S/C15H19ClN4OS/c1-10(11-5-6-12(16)22-11)15(21)17-8-7-14-19-18-13-4-2-3-9-20(13)14/h5-6,10H,2-4,7-9H2,1H3,(H,17,21). The third-order valence-corrected chi connectivity index (χ3v) is 5.41. The Hall–Kier alpha value is -1.40. The Labute approximate surface area is 138 Å². The number of rotatable bonds is 5. The minimum Gasteiger partial charge on any atom is -0.355 e. The highest BCUT2D eigenvalue weighted by Crippen LogP contribution is 2.28. The topological polar surface area (TPSA) is 59.8 Å². The molecule has 22 heavy (non-hydrogen) atoms. The van der Waals surface area contributed by atoms with Gasteiger partial charge in [-0.3, -0.25) is 4.79 Å². The van der Waals surface area contributed by atoms with Gasteiger partial charge in [0.25, 0.3) is 0 Å². The summed E-state index contributed by atoms with van der Waals surface area (Å²) in [5.41, 5.74) is 0. The SMILES string of the molecule is CC(C(=O)NCCc1nnc2n1CCCC2)c1ccc(Cl)s1. The third-order valence-electron chi connectivity index (χ3n) is 4.00. The van der Waals surface area contributed by atoms with Gasteiger partial charge in [0.1, 0.15) is 11.6 Å². The van der Waals surface area contributed by atoms with E-state index in [9.17, 15) is 4.79 Å². The first kappa shape index (κ1) is 15.5. The number of carbonyl (C=O) groups is 1. The summed E-state index contributed by atoms with van der Waals surface area (Å²) in [4.78, 5) is 13.2. The number of amides is 1. The molecule has 0 fully saturated rings. The van der Waals surface area contributed by atoms with Gasteiger partial charge in [-0.05, 0) is 31.9 Å². The van der Waals surface area contributed by atoms with Crippen molar-refractivity contribution in [3.63, 3.8) is 0 Å². The summed E-state index contributed by atoms with van der Waals surface area (Å²) in [6.07, 6.45) is 4.10. The van der Waals surface area contributed by atoms with Crippen LogP contribution in [0.1, 0.15) is 42.2 Å². The quantitative estimate of drug-likeness (QED) is 0.912. The fourth-order valence-corrected chi connectivity index (χ4v) is 3.81. The van der Waals surface area contributed by atoms with Crippen LogP contribution in [0.3, 0.4) is 0 Å². The van der Waals surface area contributed by atoms with Crippen LogP contribution in [-0.4, -0.2) is 27.2 Å². The predicted molar refractivity (Wildman–Crippen MR) is 87.4 cm³/mol. The van der Waals surface area contributed by atoms with E-state index in [1.807, 2.05) is 19.1 Å². The summed E-state index contributed by atoms with van der Waals surface area (Å²) in [5, 5.41) is 11.5. The van der Waals surface area contributed by atoms with Gasteiger partial charge in [-0.15, -0.1) is 21.5 Å². The lowest BCUT2D eigenvalue weighted by molar-refractivity contribution is -0.122. The zero-order valence-electron chi connectivity index (χ0n) is 12.5. The monoisotopic (exact) mass is 338 g/mol. The second-order valence-electron chi connectivity index (χ2n) is 5.55. The van der Waals surface area contributed by atoms with Gasteiger partial charge in [0.15, 0.2) is 0 Å². The second-order valence-corrected chi connectivity index (χ2v) is 7.29. The van der Waals surface area contributed by atoms with Gasteiger partial charge >= 0.3 is 0 Å². The molecule has 0 spiro atoms. The molecule has 7 heteroatoms. The Bertz CT molecular complexity index is 666. The molecule has 3 heterocycles. The normalized spacial score (nSPS) is 15.4. The molecule has 1 atom stereocenters. The van der Waals surface area contributed by atoms with Crippen LogP contribution < -0.4 is 5.32 Å². The van der Waals surface area contributed by atoms with Crippen molar-refractivity contribution in [1.29, 1.82) is 0 Å². The lowest BCUT2D eigenvalue weighted by Gasteiger charge is -2.15. The summed E-state index contributed by atoms with van der Waals surface area (Å²) >= 11 is 7.37. The van der Waals surface area contributed by atoms with Crippen molar-refractivity contribution in [2.24, 2.45) is 0 Å². The molecule has 1 unspecified atom stereocenters. The van der Waals surface area contributed by atoms with E-state index in [0.29, 0.717) is 10.9 Å². The van der Waals surface area contributed by atoms with E-state index >= 15 is 0 Å². The number of halogens is 1. The van der Waals surface area contributed by atoms with Gasteiger partial charge in [-0.1, -0.05) is 11.6 Å². The molecule has 0 aliphatic carbocycles. The van der Waals surface area contributed by atoms with E-state index in [1.165, 1.54) is 24.2 Å². The summed E-state index contributed by atoms with van der Waals surface area (Å²) < 4.78 is 2.91. The molecule has 0 aromatic carbocycles. The minimum atomic E-state index is -0.176. The molecule has 3 rings (SSSR count). The average Bonchev–Trinajstić information content (AvgIpc) is 3.13. The van der Waals surface area contributed by atoms with E-state index in [0.717, 1.165) is 35.9 Å². The van der Waals surface area contributed by atoms with Crippen LogP contribution in [0.2, 0.25) is 4.34 Å². The largest absolute Gasteiger partial charge is 0.355 e. The van der Waals surface area contributed by atoms with Crippen molar-refractivity contribution in [3.8, 4) is 0 Å². The summed E-state index contributed by atoms with van der Waals surface area (Å²) in [7, 11) is 0. The number of thiophene rings is 1. The van der Waals surface area contributed by atoms with Gasteiger partial charge in [0, 0.05) is 30.8 Å². The molecule has 118 valence electrons.